The number of nitrogens with zero attached hydrogens (tertiary/aromatic N) is 2. The van der Waals surface area contributed by atoms with Crippen molar-refractivity contribution in [3.8, 4) is 0 Å². The molecule has 0 spiro atoms. The molecule has 2 aromatic carbocycles. The molecule has 0 aliphatic carbocycles. The lowest BCUT2D eigenvalue weighted by molar-refractivity contribution is -0.114. The second-order valence-corrected chi connectivity index (χ2v) is 7.02. The Morgan fingerprint density at radius 1 is 1.04 bits per heavy atom. The average Bonchev–Trinajstić information content (AvgIpc) is 2.97. The number of nitrogens with one attached hydrogen (secondary N) is 1. The van der Waals surface area contributed by atoms with E-state index < -0.39 is 6.04 Å². The zero-order chi connectivity index (χ0) is 18.4. The first-order valence-corrected chi connectivity index (χ1v) is 8.75. The highest BCUT2D eigenvalue weighted by Crippen LogP contribution is 2.37. The minimum atomic E-state index is -0.445. The number of amides is 3. The molecule has 0 bridgehead atoms. The molecule has 0 fully saturated rings. The van der Waals surface area contributed by atoms with Gasteiger partial charge in [0.05, 0.1) is 23.9 Å². The number of carbonyl (C=O) groups is 2. The van der Waals surface area contributed by atoms with Crippen molar-refractivity contribution in [1.29, 1.82) is 0 Å². The fourth-order valence-electron chi connectivity index (χ4n) is 3.41. The van der Waals surface area contributed by atoms with Gasteiger partial charge in [-0.2, -0.15) is 0 Å². The lowest BCUT2D eigenvalue weighted by Crippen LogP contribution is -2.45. The van der Waals surface area contributed by atoms with Crippen molar-refractivity contribution in [2.75, 3.05) is 18.5 Å². The molecule has 4 rings (SSSR count). The lowest BCUT2D eigenvalue weighted by atomic mass is 9.95. The van der Waals surface area contributed by atoms with Crippen molar-refractivity contribution in [1.82, 2.24) is 10.2 Å². The summed E-state index contributed by atoms with van der Waals surface area (Å²) in [6.07, 6.45) is 0. The fourth-order valence-corrected chi connectivity index (χ4v) is 3.53. The van der Waals surface area contributed by atoms with E-state index in [9.17, 15) is 9.59 Å². The maximum Gasteiger partial charge on any atom is 0.322 e. The van der Waals surface area contributed by atoms with Crippen molar-refractivity contribution in [3.63, 3.8) is 0 Å². The Labute approximate surface area is 156 Å². The third kappa shape index (κ3) is 2.65. The van der Waals surface area contributed by atoms with Crippen LogP contribution in [0.4, 0.5) is 10.5 Å². The number of urea groups is 1. The molecule has 0 radical (unpaired) electrons. The van der Waals surface area contributed by atoms with Crippen LogP contribution in [-0.2, 0) is 4.79 Å². The zero-order valence-electron chi connectivity index (χ0n) is 14.5. The highest BCUT2D eigenvalue weighted by molar-refractivity contribution is 6.30. The van der Waals surface area contributed by atoms with Crippen LogP contribution in [0.5, 0.6) is 0 Å². The number of hydrogen-bond donors (Lipinski definition) is 1. The Kier molecular flexibility index (Phi) is 3.96. The Bertz CT molecular complexity index is 919. The summed E-state index contributed by atoms with van der Waals surface area (Å²) < 4.78 is 0. The van der Waals surface area contributed by atoms with E-state index in [4.69, 9.17) is 11.6 Å². The number of hydrogen-bond acceptors (Lipinski definition) is 2. The number of aryl methyl sites for hydroxylation is 1. The van der Waals surface area contributed by atoms with Gasteiger partial charge in [-0.3, -0.25) is 9.69 Å². The van der Waals surface area contributed by atoms with E-state index in [1.54, 1.807) is 24.1 Å². The molecule has 2 aliphatic rings. The van der Waals surface area contributed by atoms with E-state index in [2.05, 4.69) is 5.32 Å². The van der Waals surface area contributed by atoms with Crippen LogP contribution in [0, 0.1) is 6.92 Å². The van der Waals surface area contributed by atoms with E-state index in [-0.39, 0.29) is 11.9 Å². The third-order valence-corrected chi connectivity index (χ3v) is 5.16. The van der Waals surface area contributed by atoms with Gasteiger partial charge in [0.25, 0.3) is 5.91 Å². The van der Waals surface area contributed by atoms with Gasteiger partial charge in [-0.15, -0.1) is 0 Å². The third-order valence-electron chi connectivity index (χ3n) is 4.91. The summed E-state index contributed by atoms with van der Waals surface area (Å²) in [6.45, 7) is 2.37. The van der Waals surface area contributed by atoms with E-state index in [1.165, 1.54) is 4.90 Å². The highest BCUT2D eigenvalue weighted by Gasteiger charge is 2.43. The topological polar surface area (TPSA) is 52.7 Å². The number of likely N-dealkylation sites (N-methyl/N-ethyl adjacent to an activating group) is 1. The maximum atomic E-state index is 13.2. The van der Waals surface area contributed by atoms with E-state index >= 15 is 0 Å². The quantitative estimate of drug-likeness (QED) is 0.880. The molecule has 3 amide bonds. The van der Waals surface area contributed by atoms with E-state index in [1.807, 2.05) is 43.3 Å². The molecule has 0 saturated carbocycles. The standard InChI is InChI=1S/C20H18ClN3O2/c1-12-3-5-13(6-4-12)18-17-16(23(2)20(26)22-18)11-24(19(17)25)15-9-7-14(21)8-10-15/h3-10,18H,11H2,1-2H3,(H,22,26)/t18-/m1/s1. The molecule has 6 heteroatoms. The van der Waals surface area contributed by atoms with Crippen molar-refractivity contribution < 1.29 is 9.59 Å². The van der Waals surface area contributed by atoms with Crippen LogP contribution >= 0.6 is 11.6 Å². The van der Waals surface area contributed by atoms with Gasteiger partial charge in [0.2, 0.25) is 0 Å². The summed E-state index contributed by atoms with van der Waals surface area (Å²) in [5.41, 5.74) is 4.14. The summed E-state index contributed by atoms with van der Waals surface area (Å²) in [6, 6.07) is 14.4. The Hall–Kier alpha value is -2.79. The van der Waals surface area contributed by atoms with Crippen molar-refractivity contribution >= 4 is 29.2 Å². The minimum absolute atomic E-state index is 0.0975. The van der Waals surface area contributed by atoms with Gasteiger partial charge in [-0.05, 0) is 36.8 Å². The Balaban J connectivity index is 1.75. The smallest absolute Gasteiger partial charge is 0.322 e. The lowest BCUT2D eigenvalue weighted by Gasteiger charge is -2.31. The average molecular weight is 368 g/mol. The monoisotopic (exact) mass is 367 g/mol. The molecule has 2 aliphatic heterocycles. The van der Waals surface area contributed by atoms with Gasteiger partial charge in [-0.25, -0.2) is 4.79 Å². The normalized spacial score (nSPS) is 19.7. The first kappa shape index (κ1) is 16.7. The summed E-state index contributed by atoms with van der Waals surface area (Å²) in [5.74, 6) is -0.0975. The molecule has 1 atom stereocenters. The summed E-state index contributed by atoms with van der Waals surface area (Å²) in [4.78, 5) is 28.8. The predicted molar refractivity (Wildman–Crippen MR) is 101 cm³/mol. The van der Waals surface area contributed by atoms with Crippen LogP contribution in [0.25, 0.3) is 0 Å². The van der Waals surface area contributed by atoms with Crippen LogP contribution < -0.4 is 10.2 Å². The SMILES string of the molecule is Cc1ccc([C@H]2NC(=O)N(C)C3=C2C(=O)N(c2ccc(Cl)cc2)C3)cc1. The number of anilines is 1. The van der Waals surface area contributed by atoms with Crippen LogP contribution in [-0.4, -0.2) is 30.4 Å². The van der Waals surface area contributed by atoms with Gasteiger partial charge in [-0.1, -0.05) is 41.4 Å². The predicted octanol–water partition coefficient (Wildman–Crippen LogP) is 3.65. The molecule has 2 aromatic rings. The Morgan fingerprint density at radius 3 is 2.35 bits per heavy atom. The highest BCUT2D eigenvalue weighted by atomic mass is 35.5. The van der Waals surface area contributed by atoms with Gasteiger partial charge < -0.3 is 10.2 Å². The molecule has 1 N–H and O–H groups in total. The van der Waals surface area contributed by atoms with Gasteiger partial charge in [0, 0.05) is 17.8 Å². The van der Waals surface area contributed by atoms with Gasteiger partial charge in [0.1, 0.15) is 0 Å². The molecule has 2 heterocycles. The fraction of sp³-hybridized carbons (Fsp3) is 0.200. The summed E-state index contributed by atoms with van der Waals surface area (Å²) in [7, 11) is 1.69. The second kappa shape index (κ2) is 6.18. The number of benzene rings is 2. The van der Waals surface area contributed by atoms with Crippen LogP contribution in [0.15, 0.2) is 59.8 Å². The van der Waals surface area contributed by atoms with E-state index in [0.717, 1.165) is 22.5 Å². The molecule has 0 aromatic heterocycles. The number of halogens is 1. The largest absolute Gasteiger partial charge is 0.327 e. The zero-order valence-corrected chi connectivity index (χ0v) is 15.2. The van der Waals surface area contributed by atoms with E-state index in [0.29, 0.717) is 17.1 Å². The Morgan fingerprint density at radius 2 is 1.69 bits per heavy atom. The second-order valence-electron chi connectivity index (χ2n) is 6.58. The van der Waals surface area contributed by atoms with Crippen LogP contribution in [0.2, 0.25) is 5.02 Å². The molecule has 26 heavy (non-hydrogen) atoms. The molecule has 132 valence electrons. The molecule has 0 saturated heterocycles. The number of carbonyl (C=O) groups excluding carboxylic acids is 2. The maximum absolute atomic E-state index is 13.2. The molecule has 0 unspecified atom stereocenters. The molecular formula is C20H18ClN3O2. The minimum Gasteiger partial charge on any atom is -0.327 e. The van der Waals surface area contributed by atoms with Crippen LogP contribution in [0.1, 0.15) is 17.2 Å². The summed E-state index contributed by atoms with van der Waals surface area (Å²) >= 11 is 5.96. The first-order valence-electron chi connectivity index (χ1n) is 8.37. The van der Waals surface area contributed by atoms with Crippen molar-refractivity contribution in [2.45, 2.75) is 13.0 Å². The number of rotatable bonds is 2. The van der Waals surface area contributed by atoms with Crippen LogP contribution in [0.3, 0.4) is 0 Å². The molecule has 5 nitrogen and oxygen atoms in total. The first-order chi connectivity index (χ1) is 12.5. The molecular weight excluding hydrogens is 350 g/mol. The van der Waals surface area contributed by atoms with Gasteiger partial charge >= 0.3 is 6.03 Å². The van der Waals surface area contributed by atoms with Gasteiger partial charge in [0.15, 0.2) is 0 Å². The van der Waals surface area contributed by atoms with Crippen molar-refractivity contribution in [2.24, 2.45) is 0 Å². The van der Waals surface area contributed by atoms with Crippen molar-refractivity contribution in [3.05, 3.63) is 76.0 Å². The summed E-state index contributed by atoms with van der Waals surface area (Å²) in [5, 5.41) is 3.56.